The summed E-state index contributed by atoms with van der Waals surface area (Å²) in [5, 5.41) is 6.57. The number of nitrogens with one attached hydrogen (secondary N) is 1. The number of anilines is 1. The predicted molar refractivity (Wildman–Crippen MR) is 30.8 cm³/mol. The highest BCUT2D eigenvalue weighted by molar-refractivity contribution is 5.42. The fourth-order valence-corrected chi connectivity index (χ4v) is 0.532. The Morgan fingerprint density at radius 1 is 1.75 bits per heavy atom. The zero-order valence-electron chi connectivity index (χ0n) is 4.93. The molecule has 0 unspecified atom stereocenters. The summed E-state index contributed by atoms with van der Waals surface area (Å²) >= 11 is 0. The van der Waals surface area contributed by atoms with Gasteiger partial charge in [-0.1, -0.05) is 5.16 Å². The number of rotatable bonds is 1. The lowest BCUT2D eigenvalue weighted by Crippen LogP contribution is -1.86. The maximum Gasteiger partial charge on any atom is 0.147 e. The minimum absolute atomic E-state index is 0.896. The Kier molecular flexibility index (Phi) is 1.20. The summed E-state index contributed by atoms with van der Waals surface area (Å²) in [7, 11) is 1.83. The molecule has 0 saturated heterocycles. The molecule has 0 radical (unpaired) electrons. The van der Waals surface area contributed by atoms with Gasteiger partial charge < -0.3 is 9.84 Å². The van der Waals surface area contributed by atoms with E-state index in [0.29, 0.717) is 0 Å². The van der Waals surface area contributed by atoms with Gasteiger partial charge in [-0.25, -0.2) is 0 Å². The first-order valence-corrected chi connectivity index (χ1v) is 2.43. The Bertz CT molecular complexity index is 171. The van der Waals surface area contributed by atoms with E-state index in [2.05, 4.69) is 15.0 Å². The van der Waals surface area contributed by atoms with Crippen LogP contribution in [0.5, 0.6) is 0 Å². The predicted octanol–water partition coefficient (Wildman–Crippen LogP) is 1.02. The van der Waals surface area contributed by atoms with E-state index < -0.39 is 0 Å². The van der Waals surface area contributed by atoms with Crippen LogP contribution < -0.4 is 5.32 Å². The molecule has 0 aliphatic rings. The molecule has 0 amide bonds. The first-order valence-electron chi connectivity index (χ1n) is 2.43. The van der Waals surface area contributed by atoms with Crippen molar-refractivity contribution >= 4 is 5.69 Å². The minimum atomic E-state index is 0.896. The zero-order chi connectivity index (χ0) is 5.98. The molecule has 1 aromatic heterocycles. The largest absolute Gasteiger partial charge is 0.384 e. The summed E-state index contributed by atoms with van der Waals surface area (Å²) in [4.78, 5) is 0. The van der Waals surface area contributed by atoms with Gasteiger partial charge in [0.05, 0.1) is 5.69 Å². The number of aryl methyl sites for hydroxylation is 1. The van der Waals surface area contributed by atoms with Crippen molar-refractivity contribution in [3.8, 4) is 0 Å². The van der Waals surface area contributed by atoms with Gasteiger partial charge in [0.15, 0.2) is 0 Å². The van der Waals surface area contributed by atoms with E-state index in [4.69, 9.17) is 0 Å². The van der Waals surface area contributed by atoms with E-state index in [0.717, 1.165) is 11.4 Å². The van der Waals surface area contributed by atoms with Crippen LogP contribution in [-0.4, -0.2) is 12.2 Å². The highest BCUT2D eigenvalue weighted by Crippen LogP contribution is 2.08. The molecule has 0 saturated carbocycles. The van der Waals surface area contributed by atoms with Crippen LogP contribution in [0.25, 0.3) is 0 Å². The van der Waals surface area contributed by atoms with Crippen molar-refractivity contribution in [3.05, 3.63) is 12.0 Å². The van der Waals surface area contributed by atoms with Gasteiger partial charge in [0.25, 0.3) is 0 Å². The average molecular weight is 112 g/mol. The molecule has 1 N–H and O–H groups in total. The van der Waals surface area contributed by atoms with E-state index in [1.54, 1.807) is 6.26 Å². The van der Waals surface area contributed by atoms with E-state index >= 15 is 0 Å². The topological polar surface area (TPSA) is 38.1 Å². The molecule has 1 rings (SSSR count). The molecule has 1 aromatic rings. The summed E-state index contributed by atoms with van der Waals surface area (Å²) < 4.78 is 4.62. The van der Waals surface area contributed by atoms with Crippen molar-refractivity contribution in [1.29, 1.82) is 0 Å². The Morgan fingerprint density at radius 3 is 2.75 bits per heavy atom. The second kappa shape index (κ2) is 1.86. The molecule has 0 aliphatic carbocycles. The van der Waals surface area contributed by atoms with Crippen LogP contribution in [0.1, 0.15) is 5.69 Å². The first kappa shape index (κ1) is 5.15. The highest BCUT2D eigenvalue weighted by Gasteiger charge is 1.95. The number of nitrogens with zero attached hydrogens (tertiary/aromatic N) is 1. The first-order chi connectivity index (χ1) is 3.84. The van der Waals surface area contributed by atoms with Crippen LogP contribution in [-0.2, 0) is 0 Å². The van der Waals surface area contributed by atoms with E-state index in [9.17, 15) is 0 Å². The van der Waals surface area contributed by atoms with Crippen molar-refractivity contribution in [2.75, 3.05) is 12.4 Å². The van der Waals surface area contributed by atoms with Gasteiger partial charge in [-0.05, 0) is 6.92 Å². The molecule has 3 nitrogen and oxygen atoms in total. The Morgan fingerprint density at radius 2 is 2.50 bits per heavy atom. The Labute approximate surface area is 47.7 Å². The monoisotopic (exact) mass is 112 g/mol. The quantitative estimate of drug-likeness (QED) is 0.589. The summed E-state index contributed by atoms with van der Waals surface area (Å²) in [5.41, 5.74) is 1.84. The summed E-state index contributed by atoms with van der Waals surface area (Å²) in [5.74, 6) is 0. The second-order valence-electron chi connectivity index (χ2n) is 1.56. The van der Waals surface area contributed by atoms with Gasteiger partial charge in [-0.3, -0.25) is 0 Å². The second-order valence-corrected chi connectivity index (χ2v) is 1.56. The van der Waals surface area contributed by atoms with E-state index in [1.807, 2.05) is 14.0 Å². The Hall–Kier alpha value is -0.990. The van der Waals surface area contributed by atoms with Crippen LogP contribution in [0, 0.1) is 6.92 Å². The van der Waals surface area contributed by atoms with Crippen molar-refractivity contribution in [2.24, 2.45) is 0 Å². The van der Waals surface area contributed by atoms with Crippen LogP contribution in [0.3, 0.4) is 0 Å². The third-order valence-corrected chi connectivity index (χ3v) is 1.02. The minimum Gasteiger partial charge on any atom is -0.384 e. The van der Waals surface area contributed by atoms with Gasteiger partial charge in [0.1, 0.15) is 12.0 Å². The number of aromatic nitrogens is 1. The normalized spacial score (nSPS) is 9.25. The molecule has 1 heterocycles. The van der Waals surface area contributed by atoms with Crippen molar-refractivity contribution in [2.45, 2.75) is 6.92 Å². The molecular weight excluding hydrogens is 104 g/mol. The molecular formula is C5H8N2O. The SMILES string of the molecule is CNc1conc1C. The lowest BCUT2D eigenvalue weighted by molar-refractivity contribution is 0.415. The fourth-order valence-electron chi connectivity index (χ4n) is 0.532. The standard InChI is InChI=1S/C5H8N2O/c1-4-5(6-2)3-8-7-4/h3,6H,1-2H3. The average Bonchev–Trinajstić information content (AvgIpc) is 2.14. The van der Waals surface area contributed by atoms with Gasteiger partial charge in [-0.2, -0.15) is 0 Å². The van der Waals surface area contributed by atoms with Crippen molar-refractivity contribution in [1.82, 2.24) is 5.16 Å². The summed E-state index contributed by atoms with van der Waals surface area (Å²) in [6.45, 7) is 1.88. The molecule has 0 bridgehead atoms. The van der Waals surface area contributed by atoms with Crippen LogP contribution in [0.4, 0.5) is 5.69 Å². The molecule has 0 aromatic carbocycles. The fraction of sp³-hybridized carbons (Fsp3) is 0.400. The van der Waals surface area contributed by atoms with Crippen molar-refractivity contribution < 1.29 is 4.52 Å². The molecule has 0 aliphatic heterocycles. The van der Waals surface area contributed by atoms with Crippen LogP contribution >= 0.6 is 0 Å². The molecule has 0 fully saturated rings. The molecule has 0 spiro atoms. The third kappa shape index (κ3) is 0.665. The van der Waals surface area contributed by atoms with Gasteiger partial charge in [0.2, 0.25) is 0 Å². The maximum absolute atomic E-state index is 4.62. The van der Waals surface area contributed by atoms with Crippen LogP contribution in [0.15, 0.2) is 10.8 Å². The molecule has 8 heavy (non-hydrogen) atoms. The van der Waals surface area contributed by atoms with Crippen LogP contribution in [0.2, 0.25) is 0 Å². The molecule has 3 heteroatoms. The Balaban J connectivity index is 2.92. The number of hydrogen-bond donors (Lipinski definition) is 1. The molecule has 44 valence electrons. The smallest absolute Gasteiger partial charge is 0.147 e. The van der Waals surface area contributed by atoms with Gasteiger partial charge >= 0.3 is 0 Å². The van der Waals surface area contributed by atoms with Gasteiger partial charge in [0, 0.05) is 7.05 Å². The van der Waals surface area contributed by atoms with Crippen molar-refractivity contribution in [3.63, 3.8) is 0 Å². The lowest BCUT2D eigenvalue weighted by atomic mass is 10.4. The maximum atomic E-state index is 4.62. The van der Waals surface area contributed by atoms with E-state index in [1.165, 1.54) is 0 Å². The summed E-state index contributed by atoms with van der Waals surface area (Å²) in [6, 6.07) is 0. The lowest BCUT2D eigenvalue weighted by Gasteiger charge is -1.88. The summed E-state index contributed by atoms with van der Waals surface area (Å²) in [6.07, 6.45) is 1.58. The van der Waals surface area contributed by atoms with E-state index in [-0.39, 0.29) is 0 Å². The zero-order valence-corrected chi connectivity index (χ0v) is 4.93. The third-order valence-electron chi connectivity index (χ3n) is 1.02. The highest BCUT2D eigenvalue weighted by atomic mass is 16.5. The van der Waals surface area contributed by atoms with Gasteiger partial charge in [-0.15, -0.1) is 0 Å². The molecule has 0 atom stereocenters. The number of hydrogen-bond acceptors (Lipinski definition) is 3.